The Morgan fingerprint density at radius 1 is 1.10 bits per heavy atom. The molecule has 3 aromatic rings. The minimum atomic E-state index is -0.116. The summed E-state index contributed by atoms with van der Waals surface area (Å²) in [6, 6.07) is 11.4. The molecule has 1 aliphatic heterocycles. The summed E-state index contributed by atoms with van der Waals surface area (Å²) < 4.78 is 1.78. The van der Waals surface area contributed by atoms with Crippen LogP contribution in [-0.2, 0) is 4.79 Å². The van der Waals surface area contributed by atoms with E-state index in [4.69, 9.17) is 11.6 Å². The van der Waals surface area contributed by atoms with Gasteiger partial charge in [-0.2, -0.15) is 5.10 Å². The van der Waals surface area contributed by atoms with Gasteiger partial charge in [-0.3, -0.25) is 4.79 Å². The Morgan fingerprint density at radius 2 is 1.87 bits per heavy atom. The van der Waals surface area contributed by atoms with Crippen LogP contribution in [0.15, 0.2) is 36.4 Å². The number of carbonyl (C=O) groups excluding carboxylic acids is 1. The normalized spacial score (nSPS) is 16.5. The molecule has 2 aromatic heterocycles. The van der Waals surface area contributed by atoms with Crippen molar-refractivity contribution in [3.8, 4) is 5.82 Å². The van der Waals surface area contributed by atoms with Crippen LogP contribution in [-0.4, -0.2) is 39.0 Å². The lowest BCUT2D eigenvalue weighted by Crippen LogP contribution is -2.41. The number of aryl methyl sites for hydroxylation is 3. The molecule has 1 amide bonds. The summed E-state index contributed by atoms with van der Waals surface area (Å²) in [5.74, 6) is 1.36. The summed E-state index contributed by atoms with van der Waals surface area (Å²) in [5.41, 5.74) is 3.71. The van der Waals surface area contributed by atoms with Crippen LogP contribution in [0.5, 0.6) is 0 Å². The van der Waals surface area contributed by atoms with Gasteiger partial charge in [0.1, 0.15) is 0 Å². The molecule has 1 aromatic carbocycles. The summed E-state index contributed by atoms with van der Waals surface area (Å²) in [6.45, 7) is 7.37. The third-order valence-electron chi connectivity index (χ3n) is 5.44. The first-order valence-corrected chi connectivity index (χ1v) is 10.5. The number of rotatable bonds is 4. The molecule has 1 fully saturated rings. The van der Waals surface area contributed by atoms with Crippen molar-refractivity contribution in [2.45, 2.75) is 33.6 Å². The maximum absolute atomic E-state index is 12.9. The third kappa shape index (κ3) is 4.31. The molecule has 1 N–H and O–H groups in total. The van der Waals surface area contributed by atoms with Gasteiger partial charge in [-0.25, -0.2) is 4.68 Å². The fourth-order valence-corrected chi connectivity index (χ4v) is 4.00. The zero-order chi connectivity index (χ0) is 21.3. The van der Waals surface area contributed by atoms with E-state index in [1.165, 1.54) is 0 Å². The molecule has 8 heteroatoms. The van der Waals surface area contributed by atoms with E-state index in [9.17, 15) is 4.79 Å². The molecule has 156 valence electrons. The van der Waals surface area contributed by atoms with Crippen LogP contribution in [0, 0.1) is 26.7 Å². The van der Waals surface area contributed by atoms with Crippen molar-refractivity contribution in [3.63, 3.8) is 0 Å². The van der Waals surface area contributed by atoms with Crippen LogP contribution in [0.3, 0.4) is 0 Å². The first kappa shape index (κ1) is 20.3. The summed E-state index contributed by atoms with van der Waals surface area (Å²) in [7, 11) is 0. The molecule has 1 saturated heterocycles. The third-order valence-corrected chi connectivity index (χ3v) is 5.67. The minimum absolute atomic E-state index is 0.0114. The second-order valence-electron chi connectivity index (χ2n) is 7.82. The Labute approximate surface area is 181 Å². The van der Waals surface area contributed by atoms with Gasteiger partial charge in [-0.05, 0) is 69.5 Å². The van der Waals surface area contributed by atoms with Crippen LogP contribution >= 0.6 is 11.6 Å². The highest BCUT2D eigenvalue weighted by Gasteiger charge is 2.27. The molecular formula is C22H25ClN6O. The van der Waals surface area contributed by atoms with Crippen molar-refractivity contribution in [1.82, 2.24) is 20.0 Å². The van der Waals surface area contributed by atoms with Gasteiger partial charge >= 0.3 is 0 Å². The standard InChI is InChI=1S/C22H25ClN6O/c1-14-6-7-18(23)12-19(14)24-22(30)17-5-4-10-28(13-17)20-8-9-21(26-25-20)29-16(3)11-15(2)27-29/h6-9,11-12,17H,4-5,10,13H2,1-3H3,(H,24,30). The van der Waals surface area contributed by atoms with Crippen LogP contribution in [0.2, 0.25) is 5.02 Å². The number of halogens is 1. The highest BCUT2D eigenvalue weighted by molar-refractivity contribution is 6.31. The van der Waals surface area contributed by atoms with E-state index in [1.54, 1.807) is 10.7 Å². The summed E-state index contributed by atoms with van der Waals surface area (Å²) >= 11 is 6.08. The average Bonchev–Trinajstić information content (AvgIpc) is 3.09. The number of nitrogens with one attached hydrogen (secondary N) is 1. The second kappa shape index (κ2) is 8.44. The molecule has 0 saturated carbocycles. The van der Waals surface area contributed by atoms with E-state index < -0.39 is 0 Å². The molecule has 1 unspecified atom stereocenters. The number of anilines is 2. The van der Waals surface area contributed by atoms with Crippen molar-refractivity contribution in [2.75, 3.05) is 23.3 Å². The smallest absolute Gasteiger partial charge is 0.229 e. The van der Waals surface area contributed by atoms with Crippen molar-refractivity contribution < 1.29 is 4.79 Å². The van der Waals surface area contributed by atoms with Gasteiger partial charge in [0.15, 0.2) is 11.6 Å². The lowest BCUT2D eigenvalue weighted by atomic mass is 9.97. The number of carbonyl (C=O) groups is 1. The van der Waals surface area contributed by atoms with E-state index in [0.29, 0.717) is 17.4 Å². The van der Waals surface area contributed by atoms with Crippen molar-refractivity contribution in [2.24, 2.45) is 5.92 Å². The lowest BCUT2D eigenvalue weighted by molar-refractivity contribution is -0.120. The van der Waals surface area contributed by atoms with E-state index in [1.807, 2.05) is 51.1 Å². The summed E-state index contributed by atoms with van der Waals surface area (Å²) in [4.78, 5) is 15.0. The lowest BCUT2D eigenvalue weighted by Gasteiger charge is -2.32. The SMILES string of the molecule is Cc1cc(C)n(-c2ccc(N3CCCC(C(=O)Nc4cc(Cl)ccc4C)C3)nn2)n1. The van der Waals surface area contributed by atoms with E-state index in [-0.39, 0.29) is 11.8 Å². The van der Waals surface area contributed by atoms with Crippen LogP contribution in [0.4, 0.5) is 11.5 Å². The molecule has 4 rings (SSSR count). The predicted molar refractivity (Wildman–Crippen MR) is 118 cm³/mol. The number of hydrogen-bond acceptors (Lipinski definition) is 5. The highest BCUT2D eigenvalue weighted by Crippen LogP contribution is 2.25. The molecule has 1 atom stereocenters. The first-order chi connectivity index (χ1) is 14.4. The second-order valence-corrected chi connectivity index (χ2v) is 8.26. The monoisotopic (exact) mass is 424 g/mol. The molecule has 0 spiro atoms. The molecule has 0 radical (unpaired) electrons. The Hall–Kier alpha value is -2.93. The highest BCUT2D eigenvalue weighted by atomic mass is 35.5. The van der Waals surface area contributed by atoms with Gasteiger partial charge in [-0.15, -0.1) is 10.2 Å². The molecular weight excluding hydrogens is 400 g/mol. The maximum Gasteiger partial charge on any atom is 0.229 e. The number of nitrogens with zero attached hydrogens (tertiary/aromatic N) is 5. The van der Waals surface area contributed by atoms with Gasteiger partial charge in [0.05, 0.1) is 11.6 Å². The van der Waals surface area contributed by atoms with Crippen LogP contribution in [0.25, 0.3) is 5.82 Å². The zero-order valence-corrected chi connectivity index (χ0v) is 18.1. The van der Waals surface area contributed by atoms with Crippen LogP contribution in [0.1, 0.15) is 29.8 Å². The van der Waals surface area contributed by atoms with Gasteiger partial charge in [0, 0.05) is 29.5 Å². The molecule has 0 bridgehead atoms. The molecule has 0 aliphatic carbocycles. The number of benzene rings is 1. The van der Waals surface area contributed by atoms with Crippen molar-refractivity contribution >= 4 is 29.0 Å². The Morgan fingerprint density at radius 3 is 2.57 bits per heavy atom. The summed E-state index contributed by atoms with van der Waals surface area (Å²) in [5, 5.41) is 16.8. The fraction of sp³-hybridized carbons (Fsp3) is 0.364. The fourth-order valence-electron chi connectivity index (χ4n) is 3.82. The first-order valence-electron chi connectivity index (χ1n) is 10.1. The minimum Gasteiger partial charge on any atom is -0.354 e. The molecule has 7 nitrogen and oxygen atoms in total. The van der Waals surface area contributed by atoms with Crippen LogP contribution < -0.4 is 10.2 Å². The largest absolute Gasteiger partial charge is 0.354 e. The number of hydrogen-bond donors (Lipinski definition) is 1. The van der Waals surface area contributed by atoms with Gasteiger partial charge in [-0.1, -0.05) is 17.7 Å². The van der Waals surface area contributed by atoms with Gasteiger partial charge in [0.25, 0.3) is 0 Å². The predicted octanol–water partition coefficient (Wildman–Crippen LogP) is 4.10. The molecule has 30 heavy (non-hydrogen) atoms. The Bertz CT molecular complexity index is 1060. The summed E-state index contributed by atoms with van der Waals surface area (Å²) in [6.07, 6.45) is 1.77. The Balaban J connectivity index is 1.45. The van der Waals surface area contributed by atoms with E-state index in [0.717, 1.165) is 47.8 Å². The van der Waals surface area contributed by atoms with Crippen molar-refractivity contribution in [1.29, 1.82) is 0 Å². The number of aromatic nitrogens is 4. The van der Waals surface area contributed by atoms with Crippen molar-refractivity contribution in [3.05, 3.63) is 58.4 Å². The number of amides is 1. The Kier molecular flexibility index (Phi) is 5.72. The average molecular weight is 425 g/mol. The van der Waals surface area contributed by atoms with Gasteiger partial charge in [0.2, 0.25) is 5.91 Å². The number of piperidine rings is 1. The zero-order valence-electron chi connectivity index (χ0n) is 17.4. The van der Waals surface area contributed by atoms with E-state index >= 15 is 0 Å². The van der Waals surface area contributed by atoms with Gasteiger partial charge < -0.3 is 10.2 Å². The van der Waals surface area contributed by atoms with E-state index in [2.05, 4.69) is 25.5 Å². The maximum atomic E-state index is 12.9. The topological polar surface area (TPSA) is 75.9 Å². The molecule has 1 aliphatic rings. The quantitative estimate of drug-likeness (QED) is 0.682. The molecule has 3 heterocycles.